The molecule has 1 unspecified atom stereocenters. The van der Waals surface area contributed by atoms with Gasteiger partial charge in [-0.1, -0.05) is 52.0 Å². The molecule has 20 nitrogen and oxygen atoms in total. The van der Waals surface area contributed by atoms with Crippen molar-refractivity contribution >= 4 is 93.8 Å². The summed E-state index contributed by atoms with van der Waals surface area (Å²) in [5.41, 5.74) is 8.44. The standard InChI is InChI=1S/2C22H28FN3O6S.C3H9NO.Ca/c2*1-13(2)20-18(10-9-16(27)11-17(28)12-19(29)30)21(14-5-7-15(23)8-6-14)25-22(24-20)26(3)33(4,31)32;1-3(5)2-4;/h2*5-10,13,16-17,27-28H,11-12H2,1-4H3,(H,29,30);3,5H,2,4H2,1H3;/q;;;+2/p-2/t2*16-,17-;;/m11../s1. The van der Waals surface area contributed by atoms with Gasteiger partial charge in [-0.15, -0.1) is 0 Å². The van der Waals surface area contributed by atoms with E-state index in [1.54, 1.807) is 6.92 Å². The van der Waals surface area contributed by atoms with Gasteiger partial charge in [-0.2, -0.15) is 0 Å². The number of carbonyl (C=O) groups excluding carboxylic acids is 2. The third-order valence-electron chi connectivity index (χ3n) is 9.96. The number of nitrogens with zero attached hydrogens (tertiary/aromatic N) is 6. The molecule has 25 heteroatoms. The Kier molecular flexibility index (Phi) is 27.2. The Balaban J connectivity index is 0.000000649. The average Bonchev–Trinajstić information content (AvgIpc) is 3.26. The van der Waals surface area contributed by atoms with Crippen LogP contribution in [0.2, 0.25) is 0 Å². The van der Waals surface area contributed by atoms with Crippen molar-refractivity contribution in [2.75, 3.05) is 41.8 Å². The van der Waals surface area contributed by atoms with Crippen molar-refractivity contribution in [3.05, 3.63) is 94.8 Å². The molecule has 7 N–H and O–H groups in total. The number of aliphatic carboxylic acids is 2. The number of benzene rings is 2. The smallest absolute Gasteiger partial charge is 0.550 e. The van der Waals surface area contributed by atoms with Crippen molar-refractivity contribution in [2.45, 2.75) is 103 Å². The van der Waals surface area contributed by atoms with Crippen LogP contribution in [0.4, 0.5) is 20.7 Å². The Hall–Kier alpha value is -4.60. The molecule has 0 fully saturated rings. The van der Waals surface area contributed by atoms with Gasteiger partial charge in [0, 0.05) is 80.5 Å². The molecule has 0 bridgehead atoms. The van der Waals surface area contributed by atoms with Gasteiger partial charge in [0.15, 0.2) is 0 Å². The number of carbonyl (C=O) groups is 2. The van der Waals surface area contributed by atoms with E-state index in [9.17, 15) is 65.8 Å². The van der Waals surface area contributed by atoms with Crippen LogP contribution in [0.15, 0.2) is 60.7 Å². The fourth-order valence-electron chi connectivity index (χ4n) is 6.07. The number of carboxylic acid groups (broad SMARTS) is 2. The number of nitrogens with two attached hydrogens (primary N) is 1. The van der Waals surface area contributed by atoms with E-state index < -0.39 is 80.9 Å². The van der Waals surface area contributed by atoms with Gasteiger partial charge >= 0.3 is 37.7 Å². The average molecular weight is 1080 g/mol. The normalized spacial score (nSPS) is 13.8. The largest absolute Gasteiger partial charge is 2.00 e. The third kappa shape index (κ3) is 21.9. The van der Waals surface area contributed by atoms with Crippen molar-refractivity contribution in [1.82, 2.24) is 19.9 Å². The molecule has 72 heavy (non-hydrogen) atoms. The molecule has 2 aromatic heterocycles. The predicted molar refractivity (Wildman–Crippen MR) is 267 cm³/mol. The number of carboxylic acids is 2. The van der Waals surface area contributed by atoms with Crippen LogP contribution >= 0.6 is 0 Å². The quantitative estimate of drug-likeness (QED) is 0.0636. The number of halogens is 2. The van der Waals surface area contributed by atoms with Crippen molar-refractivity contribution in [3.63, 3.8) is 0 Å². The molecule has 2 heterocycles. The SMILES string of the molecule is CC(C)c1nc(N(C)S(C)(=O)=O)nc(-c2ccc(F)cc2)c1C=C[C@@H](O)C[C@@H](O)CC(=O)[O-].CC(C)c1nc(N(C)S(C)(=O)=O)nc(-c2ccc(F)cc2)c1C=C[C@@H](O)C[C@@H](O)CC(=O)[O-].CC(O)CN.[Ca+2]. The Labute approximate surface area is 449 Å². The first-order chi connectivity index (χ1) is 32.8. The maximum atomic E-state index is 13.5. The van der Waals surface area contributed by atoms with Crippen LogP contribution in [-0.2, 0) is 29.6 Å². The summed E-state index contributed by atoms with van der Waals surface area (Å²) in [5.74, 6) is -4.28. The second kappa shape index (κ2) is 29.9. The molecular formula is C47H63CaF2N7O13S2. The summed E-state index contributed by atoms with van der Waals surface area (Å²) in [4.78, 5) is 38.9. The number of rotatable bonds is 21. The minimum Gasteiger partial charge on any atom is -0.550 e. The molecule has 4 aromatic rings. The van der Waals surface area contributed by atoms with Crippen LogP contribution in [0.25, 0.3) is 34.7 Å². The third-order valence-corrected chi connectivity index (χ3v) is 12.3. The number of aliphatic hydroxyl groups is 5. The molecule has 0 radical (unpaired) electrons. The number of hydrogen-bond donors (Lipinski definition) is 6. The van der Waals surface area contributed by atoms with Gasteiger partial charge in [-0.3, -0.25) is 0 Å². The summed E-state index contributed by atoms with van der Waals surface area (Å²) < 4.78 is 77.1. The molecule has 0 saturated heterocycles. The molecule has 0 saturated carbocycles. The molecule has 392 valence electrons. The summed E-state index contributed by atoms with van der Waals surface area (Å²) in [5, 5.41) is 69.4. The fourth-order valence-corrected chi connectivity index (χ4v) is 6.83. The first-order valence-corrected chi connectivity index (χ1v) is 25.7. The van der Waals surface area contributed by atoms with Crippen LogP contribution in [0.3, 0.4) is 0 Å². The maximum Gasteiger partial charge on any atom is 2.00 e. The van der Waals surface area contributed by atoms with E-state index in [-0.39, 0.29) is 80.4 Å². The van der Waals surface area contributed by atoms with Gasteiger partial charge in [0.25, 0.3) is 0 Å². The zero-order chi connectivity index (χ0) is 54.1. The van der Waals surface area contributed by atoms with Gasteiger partial charge in [-0.25, -0.2) is 54.2 Å². The van der Waals surface area contributed by atoms with Crippen LogP contribution in [0.1, 0.15) is 94.7 Å². The zero-order valence-corrected chi connectivity index (χ0v) is 45.4. The van der Waals surface area contributed by atoms with E-state index in [1.165, 1.54) is 86.9 Å². The number of aliphatic hydroxyl groups excluding tert-OH is 5. The minimum atomic E-state index is -3.66. The number of anilines is 2. The second-order valence-electron chi connectivity index (χ2n) is 17.0. The topological polar surface area (TPSA) is 334 Å². The molecule has 0 aliphatic carbocycles. The Bertz CT molecular complexity index is 2500. The van der Waals surface area contributed by atoms with E-state index in [4.69, 9.17) is 10.8 Å². The summed E-state index contributed by atoms with van der Waals surface area (Å²) in [6.45, 7) is 9.40. The molecule has 0 aliphatic rings. The molecule has 2 aromatic carbocycles. The Morgan fingerprint density at radius 1 is 0.625 bits per heavy atom. The van der Waals surface area contributed by atoms with Crippen molar-refractivity contribution in [1.29, 1.82) is 0 Å². The number of sulfonamides is 2. The van der Waals surface area contributed by atoms with Gasteiger partial charge in [0.05, 0.1) is 65.8 Å². The molecule has 0 spiro atoms. The molecule has 0 amide bonds. The Morgan fingerprint density at radius 2 is 0.917 bits per heavy atom. The van der Waals surface area contributed by atoms with Crippen LogP contribution in [0.5, 0.6) is 0 Å². The predicted octanol–water partition coefficient (Wildman–Crippen LogP) is 1.08. The number of hydrogen-bond acceptors (Lipinski definition) is 18. The molecule has 5 atom stereocenters. The Morgan fingerprint density at radius 3 is 1.15 bits per heavy atom. The van der Waals surface area contributed by atoms with Crippen LogP contribution < -0.4 is 24.6 Å². The summed E-state index contributed by atoms with van der Waals surface area (Å²) in [6.07, 6.45) is 0.818. The van der Waals surface area contributed by atoms with E-state index in [0.29, 0.717) is 51.6 Å². The summed E-state index contributed by atoms with van der Waals surface area (Å²) in [7, 11) is -4.67. The minimum absolute atomic E-state index is 0. The maximum absolute atomic E-state index is 13.5. The van der Waals surface area contributed by atoms with Gasteiger partial charge in [0.2, 0.25) is 31.9 Å². The summed E-state index contributed by atoms with van der Waals surface area (Å²) in [6, 6.07) is 10.9. The van der Waals surface area contributed by atoms with E-state index >= 15 is 0 Å². The first-order valence-electron chi connectivity index (χ1n) is 22.0. The van der Waals surface area contributed by atoms with E-state index in [1.807, 2.05) is 27.7 Å². The molecule has 0 aliphatic heterocycles. The monoisotopic (exact) mass is 1080 g/mol. The fraction of sp³-hybridized carbons (Fsp3) is 0.447. The van der Waals surface area contributed by atoms with Crippen LogP contribution in [0, 0.1) is 11.6 Å². The van der Waals surface area contributed by atoms with Crippen molar-refractivity contribution in [3.8, 4) is 22.5 Å². The summed E-state index contributed by atoms with van der Waals surface area (Å²) >= 11 is 0. The zero-order valence-electron chi connectivity index (χ0n) is 41.5. The van der Waals surface area contributed by atoms with E-state index in [0.717, 1.165) is 21.1 Å². The van der Waals surface area contributed by atoms with Gasteiger partial charge in [0.1, 0.15) is 11.6 Å². The molecular weight excluding hydrogens is 1010 g/mol. The first kappa shape index (κ1) is 65.4. The molecule has 4 rings (SSSR count). The van der Waals surface area contributed by atoms with Crippen molar-refractivity contribution < 1.29 is 71.0 Å². The second-order valence-corrected chi connectivity index (χ2v) is 21.0. The van der Waals surface area contributed by atoms with Gasteiger partial charge in [-0.05, 0) is 67.3 Å². The van der Waals surface area contributed by atoms with Gasteiger partial charge < -0.3 is 51.1 Å². The van der Waals surface area contributed by atoms with E-state index in [2.05, 4.69) is 19.9 Å². The van der Waals surface area contributed by atoms with Crippen molar-refractivity contribution in [2.24, 2.45) is 5.73 Å². The van der Waals surface area contributed by atoms with Crippen LogP contribution in [-0.4, -0.2) is 176 Å². The number of aromatic nitrogens is 4.